The van der Waals surface area contributed by atoms with Crippen LogP contribution in [0.5, 0.6) is 0 Å². The van der Waals surface area contributed by atoms with Crippen molar-refractivity contribution in [3.05, 3.63) is 45.1 Å². The highest BCUT2D eigenvalue weighted by atomic mass is 32.2. The van der Waals surface area contributed by atoms with E-state index in [2.05, 4.69) is 15.5 Å². The van der Waals surface area contributed by atoms with Gasteiger partial charge in [-0.1, -0.05) is 17.8 Å². The van der Waals surface area contributed by atoms with Gasteiger partial charge >= 0.3 is 5.69 Å². The van der Waals surface area contributed by atoms with E-state index in [-0.39, 0.29) is 23.0 Å². The maximum Gasteiger partial charge on any atom is 0.342 e. The lowest BCUT2D eigenvalue weighted by Gasteiger charge is -2.26. The number of hydrogen-bond donors (Lipinski definition) is 3. The minimum Gasteiger partial charge on any atom is -0.379 e. The normalized spacial score (nSPS) is 16.3. The molecular formula is C16H19N5O6S2. The number of sulfonamides is 1. The molecule has 1 aliphatic heterocycles. The fourth-order valence-corrected chi connectivity index (χ4v) is 4.76. The van der Waals surface area contributed by atoms with Gasteiger partial charge in [0.05, 0.1) is 23.4 Å². The third-order valence-corrected chi connectivity index (χ3v) is 7.01. The molecule has 1 aromatic carbocycles. The van der Waals surface area contributed by atoms with Gasteiger partial charge in [-0.2, -0.15) is 9.40 Å². The largest absolute Gasteiger partial charge is 0.379 e. The molecule has 3 rings (SSSR count). The molecule has 0 bridgehead atoms. The number of amides is 1. The van der Waals surface area contributed by atoms with Gasteiger partial charge in [-0.25, -0.2) is 18.3 Å². The molecule has 29 heavy (non-hydrogen) atoms. The zero-order chi connectivity index (χ0) is 21.0. The molecule has 2 aromatic rings. The van der Waals surface area contributed by atoms with E-state index in [0.717, 1.165) is 11.8 Å². The number of H-pyrrole nitrogens is 2. The summed E-state index contributed by atoms with van der Waals surface area (Å²) in [6, 6.07) is 5.95. The smallest absolute Gasteiger partial charge is 0.342 e. The Morgan fingerprint density at radius 3 is 2.72 bits per heavy atom. The van der Waals surface area contributed by atoms with Gasteiger partial charge in [0.25, 0.3) is 5.56 Å². The van der Waals surface area contributed by atoms with Gasteiger partial charge in [-0.15, -0.1) is 0 Å². The Balaban J connectivity index is 1.71. The van der Waals surface area contributed by atoms with Gasteiger partial charge in [0.15, 0.2) is 5.03 Å². The van der Waals surface area contributed by atoms with Gasteiger partial charge in [0, 0.05) is 18.8 Å². The number of anilines is 1. The first-order chi connectivity index (χ1) is 13.8. The molecule has 13 heteroatoms. The fourth-order valence-electron chi connectivity index (χ4n) is 2.55. The van der Waals surface area contributed by atoms with Crippen LogP contribution < -0.4 is 16.6 Å². The van der Waals surface area contributed by atoms with Crippen LogP contribution in [0.25, 0.3) is 0 Å². The average molecular weight is 441 g/mol. The number of hydrogen-bond acceptors (Lipinski definition) is 8. The van der Waals surface area contributed by atoms with E-state index in [1.54, 1.807) is 13.0 Å². The van der Waals surface area contributed by atoms with Crippen molar-refractivity contribution in [1.82, 2.24) is 19.5 Å². The van der Waals surface area contributed by atoms with E-state index in [0.29, 0.717) is 18.9 Å². The van der Waals surface area contributed by atoms with Crippen molar-refractivity contribution in [2.45, 2.75) is 22.1 Å². The average Bonchev–Trinajstić information content (AvgIpc) is 2.71. The van der Waals surface area contributed by atoms with Gasteiger partial charge in [0.1, 0.15) is 0 Å². The summed E-state index contributed by atoms with van der Waals surface area (Å²) in [7, 11) is -3.69. The van der Waals surface area contributed by atoms with E-state index in [4.69, 9.17) is 4.74 Å². The molecule has 0 aliphatic carbocycles. The maximum atomic E-state index is 12.7. The second-order valence-corrected chi connectivity index (χ2v) is 9.37. The lowest BCUT2D eigenvalue weighted by atomic mass is 10.3. The summed E-state index contributed by atoms with van der Waals surface area (Å²) in [5.74, 6) is -0.455. The minimum atomic E-state index is -3.69. The molecular weight excluding hydrogens is 422 g/mol. The predicted molar refractivity (Wildman–Crippen MR) is 105 cm³/mol. The third-order valence-electron chi connectivity index (χ3n) is 4.05. The van der Waals surface area contributed by atoms with Crippen molar-refractivity contribution < 1.29 is 17.9 Å². The number of rotatable bonds is 6. The van der Waals surface area contributed by atoms with Gasteiger partial charge in [0.2, 0.25) is 15.9 Å². The second-order valence-electron chi connectivity index (χ2n) is 6.11. The molecule has 0 saturated carbocycles. The molecule has 1 aromatic heterocycles. The Hall–Kier alpha value is -2.48. The minimum absolute atomic E-state index is 0.0594. The molecule has 1 amide bonds. The number of aromatic nitrogens is 3. The van der Waals surface area contributed by atoms with Crippen molar-refractivity contribution in [2.24, 2.45) is 0 Å². The van der Waals surface area contributed by atoms with Crippen LogP contribution in [0.2, 0.25) is 0 Å². The monoisotopic (exact) mass is 441 g/mol. The zero-order valence-corrected chi connectivity index (χ0v) is 17.0. The molecule has 1 fully saturated rings. The van der Waals surface area contributed by atoms with Crippen molar-refractivity contribution >= 4 is 33.4 Å². The SMILES string of the molecule is CC(Sc1n[nH]c(=O)[nH]c1=O)C(=O)Nc1cccc(S(=O)(=O)N2CCOCC2)c1. The van der Waals surface area contributed by atoms with Crippen LogP contribution >= 0.6 is 11.8 Å². The summed E-state index contributed by atoms with van der Waals surface area (Å²) in [5, 5.41) is 7.55. The molecule has 156 valence electrons. The molecule has 0 spiro atoms. The molecule has 1 saturated heterocycles. The lowest BCUT2D eigenvalue weighted by molar-refractivity contribution is -0.115. The third kappa shape index (κ3) is 5.12. The van der Waals surface area contributed by atoms with Crippen LogP contribution in [0.1, 0.15) is 6.92 Å². The topological polar surface area (TPSA) is 154 Å². The number of morpholine rings is 1. The fraction of sp³-hybridized carbons (Fsp3) is 0.375. The number of nitrogens with zero attached hydrogens (tertiary/aromatic N) is 2. The highest BCUT2D eigenvalue weighted by molar-refractivity contribution is 8.00. The van der Waals surface area contributed by atoms with Crippen LogP contribution in [-0.2, 0) is 19.6 Å². The Labute approximate surface area is 169 Å². The number of benzene rings is 1. The van der Waals surface area contributed by atoms with E-state index in [1.807, 2.05) is 4.98 Å². The maximum absolute atomic E-state index is 12.7. The van der Waals surface area contributed by atoms with Crippen LogP contribution in [0, 0.1) is 0 Å². The first-order valence-corrected chi connectivity index (χ1v) is 10.9. The van der Waals surface area contributed by atoms with Crippen LogP contribution in [0.3, 0.4) is 0 Å². The van der Waals surface area contributed by atoms with E-state index >= 15 is 0 Å². The highest BCUT2D eigenvalue weighted by Gasteiger charge is 2.26. The van der Waals surface area contributed by atoms with Crippen LogP contribution in [0.4, 0.5) is 5.69 Å². The highest BCUT2D eigenvalue weighted by Crippen LogP contribution is 2.22. The Kier molecular flexibility index (Phi) is 6.52. The summed E-state index contributed by atoms with van der Waals surface area (Å²) in [6.07, 6.45) is 0. The molecule has 1 unspecified atom stereocenters. The summed E-state index contributed by atoms with van der Waals surface area (Å²) in [6.45, 7) is 2.77. The summed E-state index contributed by atoms with van der Waals surface area (Å²) >= 11 is 0.861. The van der Waals surface area contributed by atoms with Crippen molar-refractivity contribution in [2.75, 3.05) is 31.6 Å². The van der Waals surface area contributed by atoms with Gasteiger partial charge < -0.3 is 10.1 Å². The summed E-state index contributed by atoms with van der Waals surface area (Å²) in [4.78, 5) is 37.2. The zero-order valence-electron chi connectivity index (χ0n) is 15.4. The van der Waals surface area contributed by atoms with Crippen molar-refractivity contribution in [3.63, 3.8) is 0 Å². The molecule has 0 radical (unpaired) electrons. The summed E-state index contributed by atoms with van der Waals surface area (Å²) < 4.78 is 32.0. The Bertz CT molecular complexity index is 1110. The standard InChI is InChI=1S/C16H19N5O6S2/c1-10(28-15-14(23)18-16(24)20-19-15)13(22)17-11-3-2-4-12(9-11)29(25,26)21-5-7-27-8-6-21/h2-4,9-10H,5-8H2,1H3,(H,17,22)(H2,18,20,23,24). The predicted octanol–water partition coefficient (Wildman–Crippen LogP) is -0.402. The number of aromatic amines is 2. The number of carbonyl (C=O) groups is 1. The molecule has 1 atom stereocenters. The number of nitrogens with one attached hydrogen (secondary N) is 3. The molecule has 3 N–H and O–H groups in total. The Morgan fingerprint density at radius 1 is 1.31 bits per heavy atom. The van der Waals surface area contributed by atoms with Crippen LogP contribution in [0.15, 0.2) is 43.8 Å². The van der Waals surface area contributed by atoms with Gasteiger partial charge in [-0.05, 0) is 25.1 Å². The number of ether oxygens (including phenoxy) is 1. The van der Waals surface area contributed by atoms with Gasteiger partial charge in [-0.3, -0.25) is 14.6 Å². The van der Waals surface area contributed by atoms with Crippen LogP contribution in [-0.4, -0.2) is 65.4 Å². The lowest BCUT2D eigenvalue weighted by Crippen LogP contribution is -2.40. The Morgan fingerprint density at radius 2 is 2.03 bits per heavy atom. The first kappa shape index (κ1) is 21.2. The number of thioether (sulfide) groups is 1. The first-order valence-electron chi connectivity index (χ1n) is 8.62. The quantitative estimate of drug-likeness (QED) is 0.512. The van der Waals surface area contributed by atoms with Crippen molar-refractivity contribution in [1.29, 1.82) is 0 Å². The molecule has 11 nitrogen and oxygen atoms in total. The van der Waals surface area contributed by atoms with Crippen molar-refractivity contribution in [3.8, 4) is 0 Å². The summed E-state index contributed by atoms with van der Waals surface area (Å²) in [5.41, 5.74) is -1.13. The van der Waals surface area contributed by atoms with E-state index in [9.17, 15) is 22.8 Å². The molecule has 1 aliphatic rings. The molecule has 2 heterocycles. The second kappa shape index (κ2) is 8.90. The van der Waals surface area contributed by atoms with E-state index < -0.39 is 32.4 Å². The van der Waals surface area contributed by atoms with E-state index in [1.165, 1.54) is 22.5 Å². The number of carbonyl (C=O) groups excluding carboxylic acids is 1.